The molecule has 4 aromatic rings. The summed E-state index contributed by atoms with van der Waals surface area (Å²) in [4.78, 5) is 60.3. The molecule has 1 aliphatic carbocycles. The van der Waals surface area contributed by atoms with Crippen molar-refractivity contribution in [3.8, 4) is 0 Å². The highest BCUT2D eigenvalue weighted by Crippen LogP contribution is 2.42. The highest BCUT2D eigenvalue weighted by Gasteiger charge is 2.35. The van der Waals surface area contributed by atoms with Gasteiger partial charge in [-0.2, -0.15) is 0 Å². The normalized spacial score (nSPS) is 17.2. The predicted molar refractivity (Wildman–Crippen MR) is 148 cm³/mol. The number of aromatic amines is 3. The Balaban J connectivity index is 1.57. The molecule has 0 radical (unpaired) electrons. The van der Waals surface area contributed by atoms with Crippen molar-refractivity contribution in [3.05, 3.63) is 71.5 Å². The van der Waals surface area contributed by atoms with E-state index in [0.717, 1.165) is 24.1 Å². The fourth-order valence-corrected chi connectivity index (χ4v) is 5.77. The number of nitrogens with zero attached hydrogens (tertiary/aromatic N) is 2. The van der Waals surface area contributed by atoms with Gasteiger partial charge in [-0.05, 0) is 56.4 Å². The molecule has 6 rings (SSSR count). The standard InChI is InChI=1S/C27H30N6O6/c1-14-19(32-9-7-27(12-34,13-35)8-10-32)11-18(21-22(14)33(15-5-6-15)26(39)31-24(21)37)28-16-3-2-4-17-20(16)23(36)30-25(38)29-17/h2-4,11,15,28,34-35H,5-10,12-13H2,1H3,(H,31,37,39)(H2,29,30,36,38). The smallest absolute Gasteiger partial charge is 0.329 e. The summed E-state index contributed by atoms with van der Waals surface area (Å²) in [6, 6.07) is 6.83. The minimum absolute atomic E-state index is 0.0121. The molecule has 12 heteroatoms. The van der Waals surface area contributed by atoms with Gasteiger partial charge in [-0.25, -0.2) is 9.59 Å². The number of nitrogens with one attached hydrogen (secondary N) is 4. The maximum Gasteiger partial charge on any atom is 0.329 e. The van der Waals surface area contributed by atoms with Gasteiger partial charge in [0.1, 0.15) is 0 Å². The molecular weight excluding hydrogens is 504 g/mol. The van der Waals surface area contributed by atoms with Crippen LogP contribution in [0, 0.1) is 12.3 Å². The molecule has 0 atom stereocenters. The van der Waals surface area contributed by atoms with Gasteiger partial charge in [0.2, 0.25) is 0 Å². The number of aryl methyl sites for hydroxylation is 1. The van der Waals surface area contributed by atoms with E-state index >= 15 is 0 Å². The van der Waals surface area contributed by atoms with Crippen LogP contribution in [0.3, 0.4) is 0 Å². The quantitative estimate of drug-likeness (QED) is 0.214. The first-order valence-electron chi connectivity index (χ1n) is 13.1. The number of aliphatic hydroxyl groups is 2. The topological polar surface area (TPSA) is 176 Å². The van der Waals surface area contributed by atoms with Crippen LogP contribution in [0.5, 0.6) is 0 Å². The zero-order chi connectivity index (χ0) is 27.5. The molecule has 204 valence electrons. The van der Waals surface area contributed by atoms with Crippen molar-refractivity contribution in [2.24, 2.45) is 5.41 Å². The first-order valence-corrected chi connectivity index (χ1v) is 13.1. The summed E-state index contributed by atoms with van der Waals surface area (Å²) in [6.07, 6.45) is 2.83. The van der Waals surface area contributed by atoms with Crippen molar-refractivity contribution in [1.82, 2.24) is 19.5 Å². The predicted octanol–water partition coefficient (Wildman–Crippen LogP) is 1.18. The van der Waals surface area contributed by atoms with Gasteiger partial charge in [0.15, 0.2) is 0 Å². The fraction of sp³-hybridized carbons (Fsp3) is 0.407. The first kappa shape index (κ1) is 25.1. The van der Waals surface area contributed by atoms with Crippen LogP contribution in [0.15, 0.2) is 43.4 Å². The average Bonchev–Trinajstić information content (AvgIpc) is 3.75. The van der Waals surface area contributed by atoms with E-state index in [9.17, 15) is 29.4 Å². The number of hydrogen-bond donors (Lipinski definition) is 6. The van der Waals surface area contributed by atoms with Crippen molar-refractivity contribution in [3.63, 3.8) is 0 Å². The zero-order valence-corrected chi connectivity index (χ0v) is 21.5. The van der Waals surface area contributed by atoms with Crippen molar-refractivity contribution in [2.75, 3.05) is 36.5 Å². The third kappa shape index (κ3) is 4.16. The number of aromatic nitrogens is 4. The maximum atomic E-state index is 13.3. The third-order valence-corrected chi connectivity index (χ3v) is 8.22. The lowest BCUT2D eigenvalue weighted by Crippen LogP contribution is -2.44. The van der Waals surface area contributed by atoms with Gasteiger partial charge in [0, 0.05) is 30.2 Å². The number of anilines is 3. The Morgan fingerprint density at radius 3 is 2.31 bits per heavy atom. The number of fused-ring (bicyclic) bond motifs is 2. The number of piperidine rings is 1. The van der Waals surface area contributed by atoms with Crippen LogP contribution in [-0.2, 0) is 0 Å². The number of aliphatic hydroxyl groups excluding tert-OH is 2. The fourth-order valence-electron chi connectivity index (χ4n) is 5.77. The van der Waals surface area contributed by atoms with E-state index in [4.69, 9.17) is 0 Å². The lowest BCUT2D eigenvalue weighted by Gasteiger charge is -2.41. The lowest BCUT2D eigenvalue weighted by molar-refractivity contribution is 0.0341. The van der Waals surface area contributed by atoms with Crippen LogP contribution in [-0.4, -0.2) is 56.0 Å². The van der Waals surface area contributed by atoms with E-state index in [1.165, 1.54) is 0 Å². The molecule has 1 saturated carbocycles. The Bertz CT molecular complexity index is 1830. The van der Waals surface area contributed by atoms with E-state index < -0.39 is 27.9 Å². The molecule has 2 fully saturated rings. The second-order valence-electron chi connectivity index (χ2n) is 10.7. The van der Waals surface area contributed by atoms with Gasteiger partial charge < -0.3 is 25.4 Å². The van der Waals surface area contributed by atoms with Crippen LogP contribution in [0.25, 0.3) is 21.8 Å². The van der Waals surface area contributed by atoms with Gasteiger partial charge in [0.25, 0.3) is 11.1 Å². The maximum absolute atomic E-state index is 13.3. The molecule has 12 nitrogen and oxygen atoms in total. The summed E-state index contributed by atoms with van der Waals surface area (Å²) >= 11 is 0. The lowest BCUT2D eigenvalue weighted by atomic mass is 9.79. The van der Waals surface area contributed by atoms with Crippen molar-refractivity contribution < 1.29 is 10.2 Å². The van der Waals surface area contributed by atoms with Crippen LogP contribution in [0.4, 0.5) is 17.1 Å². The Labute approximate surface area is 220 Å². The Kier molecular flexibility index (Phi) is 5.96. The molecule has 1 aliphatic heterocycles. The van der Waals surface area contributed by atoms with Crippen molar-refractivity contribution in [1.29, 1.82) is 0 Å². The summed E-state index contributed by atoms with van der Waals surface area (Å²) < 4.78 is 1.66. The van der Waals surface area contributed by atoms with Gasteiger partial charge >= 0.3 is 11.4 Å². The number of rotatable bonds is 6. The zero-order valence-electron chi connectivity index (χ0n) is 21.5. The average molecular weight is 535 g/mol. The van der Waals surface area contributed by atoms with E-state index in [0.29, 0.717) is 53.7 Å². The second-order valence-corrected chi connectivity index (χ2v) is 10.7. The van der Waals surface area contributed by atoms with Crippen molar-refractivity contribution in [2.45, 2.75) is 38.6 Å². The number of hydrogen-bond acceptors (Lipinski definition) is 8. The Morgan fingerprint density at radius 1 is 0.949 bits per heavy atom. The molecule has 6 N–H and O–H groups in total. The summed E-state index contributed by atoms with van der Waals surface area (Å²) in [6.45, 7) is 2.83. The van der Waals surface area contributed by atoms with Crippen LogP contribution < -0.4 is 32.7 Å². The van der Waals surface area contributed by atoms with Crippen LogP contribution in [0.1, 0.15) is 37.3 Å². The molecule has 0 unspecified atom stereocenters. The minimum Gasteiger partial charge on any atom is -0.396 e. The van der Waals surface area contributed by atoms with Gasteiger partial charge in [0.05, 0.1) is 46.4 Å². The Morgan fingerprint density at radius 2 is 1.64 bits per heavy atom. The summed E-state index contributed by atoms with van der Waals surface area (Å²) in [7, 11) is 0. The molecule has 1 saturated heterocycles. The summed E-state index contributed by atoms with van der Waals surface area (Å²) in [5, 5.41) is 23.5. The van der Waals surface area contributed by atoms with E-state index in [1.807, 2.05) is 13.0 Å². The number of benzene rings is 2. The molecule has 39 heavy (non-hydrogen) atoms. The molecule has 2 aliphatic rings. The van der Waals surface area contributed by atoms with Gasteiger partial charge in [-0.3, -0.25) is 24.1 Å². The highest BCUT2D eigenvalue weighted by molar-refractivity contribution is 6.01. The molecule has 0 bridgehead atoms. The molecule has 2 aromatic carbocycles. The molecule has 0 spiro atoms. The highest BCUT2D eigenvalue weighted by atomic mass is 16.3. The third-order valence-electron chi connectivity index (χ3n) is 8.22. The van der Waals surface area contributed by atoms with Gasteiger partial charge in [-0.15, -0.1) is 0 Å². The molecule has 2 aromatic heterocycles. The molecular formula is C27H30N6O6. The molecule has 3 heterocycles. The van der Waals surface area contributed by atoms with Crippen LogP contribution in [0.2, 0.25) is 0 Å². The first-order chi connectivity index (χ1) is 18.7. The largest absolute Gasteiger partial charge is 0.396 e. The minimum atomic E-state index is -0.621. The van der Waals surface area contributed by atoms with E-state index in [2.05, 4.69) is 25.2 Å². The number of H-pyrrole nitrogens is 3. The van der Waals surface area contributed by atoms with Crippen molar-refractivity contribution >= 4 is 38.9 Å². The molecule has 0 amide bonds. The van der Waals surface area contributed by atoms with E-state index in [-0.39, 0.29) is 24.6 Å². The van der Waals surface area contributed by atoms with E-state index in [1.54, 1.807) is 22.8 Å². The van der Waals surface area contributed by atoms with Crippen LogP contribution >= 0.6 is 0 Å². The SMILES string of the molecule is Cc1c(N2CCC(CO)(CO)CC2)cc(Nc2cccc3[nH]c(=O)[nH]c(=O)c23)c2c(=O)[nH]c(=O)n(C3CC3)c12. The Hall–Kier alpha value is -4.16. The monoisotopic (exact) mass is 534 g/mol. The second kappa shape index (κ2) is 9.24. The summed E-state index contributed by atoms with van der Waals surface area (Å²) in [5.41, 5.74) is 0.553. The van der Waals surface area contributed by atoms with Gasteiger partial charge in [-0.1, -0.05) is 6.07 Å². The summed E-state index contributed by atoms with van der Waals surface area (Å²) in [5.74, 6) is 0.